The minimum atomic E-state index is -0.238. The molecule has 0 atom stereocenters. The highest BCUT2D eigenvalue weighted by molar-refractivity contribution is 6.33. The molecule has 0 unspecified atom stereocenters. The third-order valence-electron chi connectivity index (χ3n) is 6.12. The van der Waals surface area contributed by atoms with Gasteiger partial charge in [-0.25, -0.2) is 4.79 Å². The molecule has 6 rings (SSSR count). The van der Waals surface area contributed by atoms with Crippen molar-refractivity contribution < 1.29 is 18.6 Å². The highest BCUT2D eigenvalue weighted by atomic mass is 35.5. The van der Waals surface area contributed by atoms with Gasteiger partial charge in [0, 0.05) is 22.7 Å². The minimum Gasteiger partial charge on any atom is -0.486 e. The monoisotopic (exact) mass is 425 g/mol. The van der Waals surface area contributed by atoms with E-state index in [4.69, 9.17) is 30.2 Å². The molecule has 1 aliphatic carbocycles. The van der Waals surface area contributed by atoms with E-state index >= 15 is 0 Å². The number of nitrogens with zero attached hydrogens (tertiary/aromatic N) is 1. The zero-order valence-corrected chi connectivity index (χ0v) is 17.1. The van der Waals surface area contributed by atoms with E-state index in [0.717, 1.165) is 64.9 Å². The van der Waals surface area contributed by atoms with Gasteiger partial charge in [0.2, 0.25) is 0 Å². The van der Waals surface area contributed by atoms with E-state index in [1.165, 1.54) is 0 Å². The topological polar surface area (TPSA) is 61.1 Å². The first-order valence-electron chi connectivity index (χ1n) is 10.3. The zero-order valence-electron chi connectivity index (χ0n) is 16.3. The second kappa shape index (κ2) is 6.84. The molecule has 0 radical (unpaired) electrons. The van der Waals surface area contributed by atoms with Crippen molar-refractivity contribution in [3.05, 3.63) is 56.4 Å². The Bertz CT molecular complexity index is 1230. The maximum Gasteiger partial charge on any atom is 0.339 e. The average molecular weight is 426 g/mol. The highest BCUT2D eigenvalue weighted by Crippen LogP contribution is 2.42. The first-order chi connectivity index (χ1) is 14.7. The zero-order chi connectivity index (χ0) is 20.2. The van der Waals surface area contributed by atoms with Crippen LogP contribution in [0.5, 0.6) is 17.2 Å². The molecular formula is C23H20ClNO5. The molecule has 3 aliphatic rings. The maximum atomic E-state index is 12.7. The van der Waals surface area contributed by atoms with Crippen molar-refractivity contribution in [3.63, 3.8) is 0 Å². The number of halogens is 1. The van der Waals surface area contributed by atoms with E-state index in [9.17, 15) is 4.79 Å². The minimum absolute atomic E-state index is 0.238. The van der Waals surface area contributed by atoms with E-state index in [1.54, 1.807) is 0 Å². The molecule has 0 bridgehead atoms. The van der Waals surface area contributed by atoms with E-state index in [1.807, 2.05) is 24.3 Å². The molecule has 7 heteroatoms. The van der Waals surface area contributed by atoms with Gasteiger partial charge < -0.3 is 23.5 Å². The average Bonchev–Trinajstić information content (AvgIpc) is 2.80. The number of aryl methyl sites for hydroxylation is 1. The van der Waals surface area contributed by atoms with Crippen molar-refractivity contribution in [2.75, 3.05) is 24.8 Å². The molecule has 0 saturated carbocycles. The third-order valence-corrected chi connectivity index (χ3v) is 6.40. The summed E-state index contributed by atoms with van der Waals surface area (Å²) in [6, 6.07) is 7.73. The number of rotatable bonds is 1. The molecular weight excluding hydrogens is 406 g/mol. The molecule has 0 N–H and O–H groups in total. The summed E-state index contributed by atoms with van der Waals surface area (Å²) in [7, 11) is 0. The first-order valence-corrected chi connectivity index (χ1v) is 10.6. The van der Waals surface area contributed by atoms with Crippen LogP contribution in [-0.4, -0.2) is 19.9 Å². The second-order valence-corrected chi connectivity index (χ2v) is 8.30. The summed E-state index contributed by atoms with van der Waals surface area (Å²) in [5.41, 5.74) is 3.97. The molecule has 154 valence electrons. The van der Waals surface area contributed by atoms with Crippen molar-refractivity contribution in [1.29, 1.82) is 0 Å². The lowest BCUT2D eigenvalue weighted by Crippen LogP contribution is -2.32. The van der Waals surface area contributed by atoms with Crippen molar-refractivity contribution >= 4 is 28.3 Å². The number of ether oxygens (including phenoxy) is 3. The third kappa shape index (κ3) is 2.74. The summed E-state index contributed by atoms with van der Waals surface area (Å²) in [4.78, 5) is 14.7. The number of benzene rings is 2. The Balaban J connectivity index is 1.47. The van der Waals surface area contributed by atoms with Crippen molar-refractivity contribution in [2.24, 2.45) is 0 Å². The van der Waals surface area contributed by atoms with Crippen LogP contribution < -0.4 is 24.7 Å². The summed E-state index contributed by atoms with van der Waals surface area (Å²) in [6.45, 7) is 1.95. The van der Waals surface area contributed by atoms with Crippen molar-refractivity contribution in [1.82, 2.24) is 0 Å². The predicted molar refractivity (Wildman–Crippen MR) is 113 cm³/mol. The summed E-state index contributed by atoms with van der Waals surface area (Å²) >= 11 is 6.59. The van der Waals surface area contributed by atoms with Crippen LogP contribution in [0.2, 0.25) is 5.02 Å². The van der Waals surface area contributed by atoms with Gasteiger partial charge >= 0.3 is 5.63 Å². The fraction of sp³-hybridized carbons (Fsp3) is 0.348. The molecule has 2 aliphatic heterocycles. The lowest BCUT2D eigenvalue weighted by Gasteiger charge is -2.32. The normalized spacial score (nSPS) is 17.3. The standard InChI is InChI=1S/C23H20ClNO5/c24-18-10-16-14-3-1-2-4-15(14)23(26)30-21(16)17-11-25(12-29-22(17)18)13-5-6-19-20(9-13)28-8-7-27-19/h5-6,9-10H,1-4,7-8,11-12H2. The fourth-order valence-electron chi connectivity index (χ4n) is 4.66. The van der Waals surface area contributed by atoms with Gasteiger partial charge in [-0.3, -0.25) is 0 Å². The van der Waals surface area contributed by atoms with Gasteiger partial charge in [-0.1, -0.05) is 11.6 Å². The summed E-state index contributed by atoms with van der Waals surface area (Å²) in [6.07, 6.45) is 3.73. The van der Waals surface area contributed by atoms with Crippen LogP contribution in [0.4, 0.5) is 5.69 Å². The number of hydrogen-bond acceptors (Lipinski definition) is 6. The Morgan fingerprint density at radius 3 is 2.57 bits per heavy atom. The first kappa shape index (κ1) is 18.0. The van der Waals surface area contributed by atoms with Crippen LogP contribution in [0.25, 0.3) is 11.0 Å². The lowest BCUT2D eigenvalue weighted by atomic mass is 9.90. The number of fused-ring (bicyclic) bond motifs is 6. The van der Waals surface area contributed by atoms with E-state index in [-0.39, 0.29) is 5.63 Å². The largest absolute Gasteiger partial charge is 0.486 e. The van der Waals surface area contributed by atoms with Crippen LogP contribution >= 0.6 is 11.6 Å². The molecule has 3 aromatic rings. The second-order valence-electron chi connectivity index (χ2n) is 7.90. The molecule has 0 spiro atoms. The Hall–Kier alpha value is -2.86. The van der Waals surface area contributed by atoms with Gasteiger partial charge in [0.25, 0.3) is 0 Å². The van der Waals surface area contributed by atoms with Crippen LogP contribution in [-0.2, 0) is 19.4 Å². The Kier molecular flexibility index (Phi) is 4.09. The molecule has 0 saturated heterocycles. The van der Waals surface area contributed by atoms with Gasteiger partial charge in [-0.2, -0.15) is 0 Å². The maximum absolute atomic E-state index is 12.7. The Morgan fingerprint density at radius 2 is 1.70 bits per heavy atom. The van der Waals surface area contributed by atoms with Crippen LogP contribution in [0.3, 0.4) is 0 Å². The molecule has 0 amide bonds. The molecule has 2 aromatic carbocycles. The van der Waals surface area contributed by atoms with E-state index in [0.29, 0.717) is 42.8 Å². The summed E-state index contributed by atoms with van der Waals surface area (Å²) < 4.78 is 23.2. The van der Waals surface area contributed by atoms with Crippen LogP contribution in [0.15, 0.2) is 33.5 Å². The van der Waals surface area contributed by atoms with Crippen molar-refractivity contribution in [3.8, 4) is 17.2 Å². The van der Waals surface area contributed by atoms with E-state index in [2.05, 4.69) is 4.90 Å². The van der Waals surface area contributed by atoms with Gasteiger partial charge in [-0.05, 0) is 49.4 Å². The lowest BCUT2D eigenvalue weighted by molar-refractivity contribution is 0.171. The Labute approximate surface area is 177 Å². The molecule has 1 aromatic heterocycles. The van der Waals surface area contributed by atoms with Gasteiger partial charge in [0.1, 0.15) is 24.5 Å². The van der Waals surface area contributed by atoms with Gasteiger partial charge in [-0.15, -0.1) is 0 Å². The SMILES string of the molecule is O=c1oc2c3c(c(Cl)cc2c2c1CCCC2)OCN(c1ccc2c(c1)OCCO2)C3. The number of hydrogen-bond donors (Lipinski definition) is 0. The molecule has 0 fully saturated rings. The van der Waals surface area contributed by atoms with Crippen LogP contribution in [0.1, 0.15) is 29.5 Å². The molecule has 3 heterocycles. The highest BCUT2D eigenvalue weighted by Gasteiger charge is 2.28. The summed E-state index contributed by atoms with van der Waals surface area (Å²) in [5, 5.41) is 1.49. The Morgan fingerprint density at radius 1 is 0.900 bits per heavy atom. The van der Waals surface area contributed by atoms with Gasteiger partial charge in [0.05, 0.1) is 17.1 Å². The predicted octanol–water partition coefficient (Wildman–Crippen LogP) is 4.45. The fourth-order valence-corrected chi connectivity index (χ4v) is 4.94. The quantitative estimate of drug-likeness (QED) is 0.537. The smallest absolute Gasteiger partial charge is 0.339 e. The van der Waals surface area contributed by atoms with Crippen molar-refractivity contribution in [2.45, 2.75) is 32.2 Å². The van der Waals surface area contributed by atoms with Gasteiger partial charge in [0.15, 0.2) is 18.2 Å². The van der Waals surface area contributed by atoms with Crippen LogP contribution in [0, 0.1) is 0 Å². The summed E-state index contributed by atoms with van der Waals surface area (Å²) in [5.74, 6) is 2.06. The molecule has 6 nitrogen and oxygen atoms in total. The molecule has 30 heavy (non-hydrogen) atoms. The van der Waals surface area contributed by atoms with E-state index < -0.39 is 0 Å². The number of anilines is 1.